The Balaban J connectivity index is 1.88. The van der Waals surface area contributed by atoms with E-state index in [-0.39, 0.29) is 0 Å². The summed E-state index contributed by atoms with van der Waals surface area (Å²) in [5, 5.41) is 5.43. The van der Waals surface area contributed by atoms with E-state index in [1.807, 2.05) is 30.3 Å². The zero-order valence-corrected chi connectivity index (χ0v) is 22.6. The van der Waals surface area contributed by atoms with Crippen molar-refractivity contribution in [2.75, 3.05) is 5.75 Å². The average molecular weight is 547 g/mol. The van der Waals surface area contributed by atoms with Gasteiger partial charge in [0.2, 0.25) is 11.0 Å². The normalized spacial score (nSPS) is 11.4. The topological polar surface area (TPSA) is 26.0 Å². The Morgan fingerprint density at radius 2 is 1.31 bits per heavy atom. The van der Waals surface area contributed by atoms with Crippen LogP contribution in [0.15, 0.2) is 131 Å². The van der Waals surface area contributed by atoms with E-state index < -0.39 is 7.26 Å². The molecule has 0 radical (unpaired) electrons. The third kappa shape index (κ3) is 4.65. The molecule has 0 amide bonds. The highest BCUT2D eigenvalue weighted by Crippen LogP contribution is 2.56. The van der Waals surface area contributed by atoms with Gasteiger partial charge in [-0.3, -0.25) is 0 Å². The van der Waals surface area contributed by atoms with Crippen LogP contribution in [0.5, 0.6) is 0 Å². The number of nitrogens with zero attached hydrogens (tertiary/aromatic N) is 1. The second kappa shape index (κ2) is 11.1. The zero-order valence-electron chi connectivity index (χ0n) is 19.4. The number of oxazole rings is 1. The van der Waals surface area contributed by atoms with Gasteiger partial charge in [0.05, 0.1) is 10.6 Å². The van der Waals surface area contributed by atoms with Crippen molar-refractivity contribution < 1.29 is 4.42 Å². The lowest BCUT2D eigenvalue weighted by Crippen LogP contribution is -2.40. The molecule has 0 N–H and O–H groups in total. The molecule has 36 heavy (non-hydrogen) atoms. The second-order valence-electron chi connectivity index (χ2n) is 8.03. The van der Waals surface area contributed by atoms with Gasteiger partial charge in [0.25, 0.3) is 5.44 Å². The van der Waals surface area contributed by atoms with Gasteiger partial charge in [-0.2, -0.15) is 4.98 Å². The lowest BCUT2D eigenvalue weighted by Gasteiger charge is -2.25. The summed E-state index contributed by atoms with van der Waals surface area (Å²) in [5.74, 6) is 1.17. The standard InChI is InChI=1S/C30H23Cl2NOPS/c1-2-20-36-30-29(33-28(34-30)26-19-18-22(31)21-27(26)32)35(23-12-6-3-7-13-23,24-14-8-4-9-15-24)25-16-10-5-11-17-25/h2-19,21H,1,20H2/q+1. The smallest absolute Gasteiger partial charge is 0.251 e. The highest BCUT2D eigenvalue weighted by atomic mass is 35.5. The number of rotatable bonds is 8. The molecule has 0 aliphatic carbocycles. The molecule has 0 aliphatic heterocycles. The predicted molar refractivity (Wildman–Crippen MR) is 158 cm³/mol. The summed E-state index contributed by atoms with van der Waals surface area (Å²) in [4.78, 5) is 5.23. The van der Waals surface area contributed by atoms with Gasteiger partial charge in [-0.15, -0.1) is 6.58 Å². The molecule has 0 unspecified atom stereocenters. The van der Waals surface area contributed by atoms with Crippen molar-refractivity contribution in [3.05, 3.63) is 132 Å². The Morgan fingerprint density at radius 3 is 1.78 bits per heavy atom. The fraction of sp³-hybridized carbons (Fsp3) is 0.0333. The van der Waals surface area contributed by atoms with Crippen LogP contribution in [0.3, 0.4) is 0 Å². The van der Waals surface area contributed by atoms with Crippen LogP contribution in [-0.4, -0.2) is 10.7 Å². The third-order valence-electron chi connectivity index (χ3n) is 5.82. The monoisotopic (exact) mass is 546 g/mol. The molecule has 0 fully saturated rings. The van der Waals surface area contributed by atoms with Gasteiger partial charge in [-0.25, -0.2) is 0 Å². The van der Waals surface area contributed by atoms with E-state index in [1.54, 1.807) is 23.9 Å². The first-order chi connectivity index (χ1) is 17.6. The van der Waals surface area contributed by atoms with Gasteiger partial charge in [-0.1, -0.05) is 95.6 Å². The van der Waals surface area contributed by atoms with Gasteiger partial charge in [0.15, 0.2) is 7.26 Å². The maximum absolute atomic E-state index is 6.60. The number of aromatic nitrogens is 1. The number of benzene rings is 4. The van der Waals surface area contributed by atoms with Gasteiger partial charge in [-0.05, 0) is 54.6 Å². The summed E-state index contributed by atoms with van der Waals surface area (Å²) in [6.07, 6.45) is 1.87. The van der Waals surface area contributed by atoms with Gasteiger partial charge < -0.3 is 4.42 Å². The minimum atomic E-state index is -2.44. The lowest BCUT2D eigenvalue weighted by atomic mass is 10.2. The fourth-order valence-corrected chi connectivity index (χ4v) is 10.0. The lowest BCUT2D eigenvalue weighted by molar-refractivity contribution is 0.488. The number of thioether (sulfide) groups is 1. The maximum Gasteiger partial charge on any atom is 0.251 e. The van der Waals surface area contributed by atoms with Crippen LogP contribution in [0, 0.1) is 0 Å². The summed E-state index contributed by atoms with van der Waals surface area (Å²) in [6.45, 7) is 3.92. The van der Waals surface area contributed by atoms with E-state index in [2.05, 4.69) is 79.4 Å². The summed E-state index contributed by atoms with van der Waals surface area (Å²) in [5.41, 5.74) is 1.62. The van der Waals surface area contributed by atoms with Gasteiger partial charge >= 0.3 is 0 Å². The molecular formula is C30H23Cl2NOPS+. The molecule has 178 valence electrons. The van der Waals surface area contributed by atoms with Crippen LogP contribution in [0.1, 0.15) is 0 Å². The van der Waals surface area contributed by atoms with Crippen molar-refractivity contribution in [3.63, 3.8) is 0 Å². The maximum atomic E-state index is 6.60. The van der Waals surface area contributed by atoms with E-state index in [1.165, 1.54) is 15.9 Å². The van der Waals surface area contributed by atoms with Gasteiger partial charge in [0, 0.05) is 10.8 Å². The largest absolute Gasteiger partial charge is 0.425 e. The predicted octanol–water partition coefficient (Wildman–Crippen LogP) is 7.55. The van der Waals surface area contributed by atoms with E-state index in [0.29, 0.717) is 27.3 Å². The van der Waals surface area contributed by atoms with E-state index in [0.717, 1.165) is 10.5 Å². The van der Waals surface area contributed by atoms with Crippen LogP contribution < -0.4 is 21.3 Å². The first-order valence-corrected chi connectivity index (χ1v) is 14.9. The summed E-state index contributed by atoms with van der Waals surface area (Å²) < 4.78 is 6.50. The Bertz CT molecular complexity index is 1380. The SMILES string of the molecule is C=CCSc1oc(-c2ccc(Cl)cc2Cl)nc1[P+](c1ccccc1)(c1ccccc1)c1ccccc1. The molecule has 0 atom stereocenters. The quantitative estimate of drug-likeness (QED) is 0.114. The molecule has 0 spiro atoms. The molecule has 1 heterocycles. The molecule has 2 nitrogen and oxygen atoms in total. The van der Waals surface area contributed by atoms with Crippen molar-refractivity contribution in [3.8, 4) is 11.5 Å². The third-order valence-corrected chi connectivity index (χ3v) is 11.6. The average Bonchev–Trinajstić information content (AvgIpc) is 3.34. The first kappa shape index (κ1) is 24.9. The number of halogens is 2. The van der Waals surface area contributed by atoms with Crippen molar-refractivity contribution >= 4 is 63.6 Å². The molecule has 6 heteroatoms. The van der Waals surface area contributed by atoms with Crippen molar-refractivity contribution in [2.45, 2.75) is 5.09 Å². The molecule has 4 aromatic carbocycles. The Labute approximate surface area is 226 Å². The van der Waals surface area contributed by atoms with Gasteiger partial charge in [0.1, 0.15) is 15.9 Å². The molecule has 0 bridgehead atoms. The van der Waals surface area contributed by atoms with Crippen LogP contribution >= 0.6 is 42.2 Å². The van der Waals surface area contributed by atoms with E-state index in [4.69, 9.17) is 32.6 Å². The highest BCUT2D eigenvalue weighted by Gasteiger charge is 2.52. The summed E-state index contributed by atoms with van der Waals surface area (Å²) in [6, 6.07) is 37.2. The van der Waals surface area contributed by atoms with Crippen LogP contribution in [0.4, 0.5) is 0 Å². The summed E-state index contributed by atoms with van der Waals surface area (Å²) in [7, 11) is -2.44. The van der Waals surface area contributed by atoms with Crippen molar-refractivity contribution in [1.82, 2.24) is 4.98 Å². The van der Waals surface area contributed by atoms with Crippen LogP contribution in [0.2, 0.25) is 10.0 Å². The fourth-order valence-electron chi connectivity index (χ4n) is 4.29. The molecular weight excluding hydrogens is 524 g/mol. The molecule has 5 rings (SSSR count). The Kier molecular flexibility index (Phi) is 7.65. The van der Waals surface area contributed by atoms with Crippen LogP contribution in [-0.2, 0) is 0 Å². The number of hydrogen-bond donors (Lipinski definition) is 0. The molecule has 0 aliphatic rings. The molecule has 5 aromatic rings. The Morgan fingerprint density at radius 1 is 0.778 bits per heavy atom. The summed E-state index contributed by atoms with van der Waals surface area (Å²) >= 11 is 14.4. The first-order valence-electron chi connectivity index (χ1n) is 11.4. The van der Waals surface area contributed by atoms with Crippen molar-refractivity contribution in [2.24, 2.45) is 0 Å². The molecule has 0 saturated heterocycles. The Hall–Kier alpha value is -2.81. The molecule has 0 saturated carbocycles. The zero-order chi connectivity index (χ0) is 25.0. The molecule has 1 aromatic heterocycles. The van der Waals surface area contributed by atoms with Crippen LogP contribution in [0.25, 0.3) is 11.5 Å². The number of hydrogen-bond acceptors (Lipinski definition) is 3. The van der Waals surface area contributed by atoms with E-state index >= 15 is 0 Å². The minimum absolute atomic E-state index is 0.477. The highest BCUT2D eigenvalue weighted by molar-refractivity contribution is 8.04. The second-order valence-corrected chi connectivity index (χ2v) is 13.2. The van der Waals surface area contributed by atoms with E-state index in [9.17, 15) is 0 Å². The minimum Gasteiger partial charge on any atom is -0.425 e. The van der Waals surface area contributed by atoms with Crippen molar-refractivity contribution in [1.29, 1.82) is 0 Å².